The van der Waals surface area contributed by atoms with E-state index in [0.29, 0.717) is 22.6 Å². The zero-order valence-corrected chi connectivity index (χ0v) is 30.5. The Kier molecular flexibility index (Phi) is 8.14. The summed E-state index contributed by atoms with van der Waals surface area (Å²) >= 11 is 14.4. The molecule has 2 aliphatic carbocycles. The van der Waals surface area contributed by atoms with E-state index in [-0.39, 0.29) is 39.6 Å². The van der Waals surface area contributed by atoms with E-state index in [1.54, 1.807) is 42.5 Å². The fraction of sp³-hybridized carbons (Fsp3) is 0.225. The Balaban J connectivity index is 1.16. The molecule has 2 saturated heterocycles. The summed E-state index contributed by atoms with van der Waals surface area (Å²) in [5.41, 5.74) is 0.293. The largest absolute Gasteiger partial charge is 0.508 e. The molecule has 57 heavy (non-hydrogen) atoms. The molecule has 2 aliphatic heterocycles. The molecule has 6 atom stereocenters. The van der Waals surface area contributed by atoms with E-state index in [2.05, 4.69) is 4.98 Å². The van der Waals surface area contributed by atoms with Crippen molar-refractivity contribution in [3.8, 4) is 23.0 Å². The fourth-order valence-electron chi connectivity index (χ4n) is 8.85. The standard InChI is InChI=1S/C40H24Cl2F5N3O7/c1-56-25-14-18(51)10-11-20(25)27-19-12-13-21-26(36(53)49(35(21)52)17-8-6-16(7-9-17)34-48-23-4-2-3-5-24(23)57-34)22(19)15-39(41)37(54)50(38(55)40(27,39)42)33-31(46)29(44)28(43)30(45)32(33)47/h2-12,14,21-22,26-27,51H,13,15H2,1H3. The summed E-state index contributed by atoms with van der Waals surface area (Å²) in [4.78, 5) is 57.3. The topological polar surface area (TPSA) is 130 Å². The summed E-state index contributed by atoms with van der Waals surface area (Å²) in [6.07, 6.45) is 0.816. The molecule has 6 unspecified atom stereocenters. The normalized spacial score (nSPS) is 26.8. The number of carbonyl (C=O) groups excluding carboxylic acids is 4. The van der Waals surface area contributed by atoms with E-state index < -0.39 is 98.2 Å². The molecule has 4 aliphatic rings. The van der Waals surface area contributed by atoms with Gasteiger partial charge in [0.15, 0.2) is 38.6 Å². The van der Waals surface area contributed by atoms with Crippen LogP contribution in [0.1, 0.15) is 24.3 Å². The van der Waals surface area contributed by atoms with Crippen LogP contribution in [0.4, 0.5) is 33.3 Å². The highest BCUT2D eigenvalue weighted by Crippen LogP contribution is 2.67. The lowest BCUT2D eigenvalue weighted by molar-refractivity contribution is -0.125. The van der Waals surface area contributed by atoms with Gasteiger partial charge < -0.3 is 14.3 Å². The van der Waals surface area contributed by atoms with Gasteiger partial charge in [-0.25, -0.2) is 31.8 Å². The van der Waals surface area contributed by atoms with Gasteiger partial charge in [-0.05, 0) is 61.2 Å². The maximum absolute atomic E-state index is 15.3. The molecule has 4 aromatic carbocycles. The Morgan fingerprint density at radius 3 is 2.16 bits per heavy atom. The molecule has 5 aromatic rings. The van der Waals surface area contributed by atoms with Gasteiger partial charge in [0.1, 0.15) is 22.7 Å². The summed E-state index contributed by atoms with van der Waals surface area (Å²) in [6, 6.07) is 17.1. The van der Waals surface area contributed by atoms with Crippen LogP contribution in [-0.2, 0) is 19.2 Å². The number of benzene rings is 4. The summed E-state index contributed by atoms with van der Waals surface area (Å²) in [6.45, 7) is 0. The van der Waals surface area contributed by atoms with Gasteiger partial charge in [-0.2, -0.15) is 0 Å². The number of hydrogen-bond donors (Lipinski definition) is 1. The number of hydrogen-bond acceptors (Lipinski definition) is 8. The van der Waals surface area contributed by atoms with Crippen LogP contribution < -0.4 is 14.5 Å². The van der Waals surface area contributed by atoms with E-state index in [0.717, 1.165) is 11.0 Å². The number of amides is 4. The maximum atomic E-state index is 15.3. The monoisotopic (exact) mass is 823 g/mol. The lowest BCUT2D eigenvalue weighted by atomic mass is 9.56. The Labute approximate surface area is 328 Å². The number of aromatic nitrogens is 1. The molecule has 0 radical (unpaired) electrons. The van der Waals surface area contributed by atoms with Crippen molar-refractivity contribution in [2.75, 3.05) is 16.9 Å². The molecule has 3 heterocycles. The van der Waals surface area contributed by atoms with Crippen molar-refractivity contribution in [3.05, 3.63) is 113 Å². The SMILES string of the molecule is COc1cc(O)ccc1C1C2=CCC3C(=O)N(c4ccc(-c5nc6ccccc6o5)cc4)C(=O)C3C2CC2(Cl)C(=O)N(c3c(F)c(F)c(F)c(F)c3F)C(=O)C12Cl. The molecule has 0 spiro atoms. The second-order valence-corrected chi connectivity index (χ2v) is 15.4. The number of aromatic hydroxyl groups is 1. The van der Waals surface area contributed by atoms with Crippen LogP contribution in [0.3, 0.4) is 0 Å². The van der Waals surface area contributed by atoms with Gasteiger partial charge in [0, 0.05) is 23.1 Å². The number of methoxy groups -OCH3 is 1. The van der Waals surface area contributed by atoms with Gasteiger partial charge >= 0.3 is 0 Å². The third-order valence-corrected chi connectivity index (χ3v) is 12.8. The molecule has 10 nitrogen and oxygen atoms in total. The van der Waals surface area contributed by atoms with Crippen molar-refractivity contribution in [3.63, 3.8) is 0 Å². The maximum Gasteiger partial charge on any atom is 0.258 e. The van der Waals surface area contributed by atoms with Crippen LogP contribution in [0.15, 0.2) is 82.8 Å². The summed E-state index contributed by atoms with van der Waals surface area (Å²) < 4.78 is 85.2. The van der Waals surface area contributed by atoms with Crippen molar-refractivity contribution in [1.82, 2.24) is 4.98 Å². The molecular formula is C40H24Cl2F5N3O7. The Morgan fingerprint density at radius 1 is 0.825 bits per heavy atom. The minimum atomic E-state index is -2.75. The number of allylic oxidation sites excluding steroid dienone is 2. The second kappa shape index (κ2) is 12.6. The third kappa shape index (κ3) is 4.84. The van der Waals surface area contributed by atoms with E-state index >= 15 is 8.78 Å². The number of phenols is 1. The smallest absolute Gasteiger partial charge is 0.258 e. The molecule has 290 valence electrons. The van der Waals surface area contributed by atoms with Gasteiger partial charge in [-0.3, -0.25) is 24.1 Å². The number of oxazole rings is 1. The highest BCUT2D eigenvalue weighted by atomic mass is 35.5. The van der Waals surface area contributed by atoms with E-state index in [4.69, 9.17) is 32.4 Å². The first kappa shape index (κ1) is 36.8. The average molecular weight is 825 g/mol. The van der Waals surface area contributed by atoms with Gasteiger partial charge in [0.2, 0.25) is 23.5 Å². The van der Waals surface area contributed by atoms with Crippen molar-refractivity contribution in [1.29, 1.82) is 0 Å². The predicted molar refractivity (Wildman–Crippen MR) is 193 cm³/mol. The van der Waals surface area contributed by atoms with Crippen molar-refractivity contribution < 1.29 is 55.4 Å². The Hall–Kier alpha value is -5.80. The van der Waals surface area contributed by atoms with Crippen molar-refractivity contribution >= 4 is 69.3 Å². The highest BCUT2D eigenvalue weighted by Gasteiger charge is 2.77. The zero-order valence-electron chi connectivity index (χ0n) is 29.0. The predicted octanol–water partition coefficient (Wildman–Crippen LogP) is 7.67. The number of nitrogens with zero attached hydrogens (tertiary/aromatic N) is 3. The molecular weight excluding hydrogens is 800 g/mol. The number of imide groups is 2. The number of rotatable bonds is 5. The third-order valence-electron chi connectivity index (χ3n) is 11.4. The number of phenolic OH excluding ortho intramolecular Hbond substituents is 1. The van der Waals surface area contributed by atoms with Gasteiger partial charge in [0.25, 0.3) is 11.8 Å². The summed E-state index contributed by atoms with van der Waals surface area (Å²) in [5.74, 6) is -21.9. The van der Waals surface area contributed by atoms with Gasteiger partial charge in [-0.1, -0.05) is 29.8 Å². The fourth-order valence-corrected chi connectivity index (χ4v) is 9.78. The van der Waals surface area contributed by atoms with Crippen molar-refractivity contribution in [2.24, 2.45) is 17.8 Å². The van der Waals surface area contributed by atoms with E-state index in [1.807, 2.05) is 0 Å². The minimum absolute atomic E-state index is 0.0218. The van der Waals surface area contributed by atoms with Crippen LogP contribution >= 0.6 is 23.2 Å². The molecule has 17 heteroatoms. The number of carbonyl (C=O) groups is 4. The number of halogens is 7. The molecule has 0 bridgehead atoms. The molecule has 1 aromatic heterocycles. The lowest BCUT2D eigenvalue weighted by Gasteiger charge is -2.50. The summed E-state index contributed by atoms with van der Waals surface area (Å²) in [7, 11) is 1.22. The highest BCUT2D eigenvalue weighted by molar-refractivity contribution is 6.58. The number of fused-ring (bicyclic) bond motifs is 5. The number of alkyl halides is 2. The average Bonchev–Trinajstić information content (AvgIpc) is 3.80. The summed E-state index contributed by atoms with van der Waals surface area (Å²) in [5, 5.41) is 10.3. The second-order valence-electron chi connectivity index (χ2n) is 14.2. The first-order valence-electron chi connectivity index (χ1n) is 17.3. The zero-order chi connectivity index (χ0) is 40.5. The molecule has 9 rings (SSSR count). The van der Waals surface area contributed by atoms with Crippen LogP contribution in [0.25, 0.3) is 22.6 Å². The molecule has 1 N–H and O–H groups in total. The Morgan fingerprint density at radius 2 is 1.49 bits per heavy atom. The quantitative estimate of drug-likeness (QED) is 0.0478. The van der Waals surface area contributed by atoms with Gasteiger partial charge in [0.05, 0.1) is 24.6 Å². The number of ether oxygens (including phenoxy) is 1. The van der Waals surface area contributed by atoms with Crippen LogP contribution in [-0.4, -0.2) is 50.6 Å². The molecule has 4 amide bonds. The first-order valence-corrected chi connectivity index (χ1v) is 18.1. The molecule has 3 fully saturated rings. The first-order chi connectivity index (χ1) is 27.1. The molecule has 1 saturated carbocycles. The number of anilines is 2. The van der Waals surface area contributed by atoms with Crippen LogP contribution in [0.5, 0.6) is 11.5 Å². The van der Waals surface area contributed by atoms with Crippen LogP contribution in [0, 0.1) is 46.8 Å². The van der Waals surface area contributed by atoms with E-state index in [1.165, 1.54) is 31.4 Å². The van der Waals surface area contributed by atoms with Crippen LogP contribution in [0.2, 0.25) is 0 Å². The van der Waals surface area contributed by atoms with Gasteiger partial charge in [-0.15, -0.1) is 23.2 Å². The Bertz CT molecular complexity index is 2610. The number of para-hydroxylation sites is 2. The lowest BCUT2D eigenvalue weighted by Crippen LogP contribution is -2.60. The minimum Gasteiger partial charge on any atom is -0.508 e. The van der Waals surface area contributed by atoms with E-state index in [9.17, 15) is 37.5 Å². The van der Waals surface area contributed by atoms with Crippen molar-refractivity contribution in [2.45, 2.75) is 28.5 Å².